The molecule has 1 fully saturated rings. The minimum atomic E-state index is -4.43. The van der Waals surface area contributed by atoms with Crippen LogP contribution in [0.1, 0.15) is 17.5 Å². The molecule has 0 amide bonds. The standard InChI is InChI=1S/C14H17F3N2O2/c15-14(16,17)12-4-2-1-3-10(12)8-19(9-13(20)21)11-5-6-18-7-11/h1-4,11,18H,5-9H2,(H,20,21). The van der Waals surface area contributed by atoms with Crippen LogP contribution in [0.15, 0.2) is 24.3 Å². The molecule has 1 heterocycles. The molecule has 0 saturated carbocycles. The number of alkyl halides is 3. The summed E-state index contributed by atoms with van der Waals surface area (Å²) < 4.78 is 39.0. The molecule has 1 aliphatic rings. The van der Waals surface area contributed by atoms with E-state index in [9.17, 15) is 18.0 Å². The number of carboxylic acid groups (broad SMARTS) is 1. The lowest BCUT2D eigenvalue weighted by molar-refractivity contribution is -0.139. The molecule has 2 rings (SSSR count). The third-order valence-electron chi connectivity index (χ3n) is 3.59. The summed E-state index contributed by atoms with van der Waals surface area (Å²) in [5.74, 6) is -1.04. The summed E-state index contributed by atoms with van der Waals surface area (Å²) >= 11 is 0. The summed E-state index contributed by atoms with van der Waals surface area (Å²) in [4.78, 5) is 12.5. The average molecular weight is 302 g/mol. The fourth-order valence-electron chi connectivity index (χ4n) is 2.59. The average Bonchev–Trinajstić information content (AvgIpc) is 2.90. The number of carboxylic acids is 1. The van der Waals surface area contributed by atoms with E-state index in [1.54, 1.807) is 4.90 Å². The van der Waals surface area contributed by atoms with E-state index in [1.165, 1.54) is 18.2 Å². The van der Waals surface area contributed by atoms with Gasteiger partial charge in [-0.1, -0.05) is 18.2 Å². The Morgan fingerprint density at radius 1 is 1.38 bits per heavy atom. The molecule has 1 atom stereocenters. The Balaban J connectivity index is 2.22. The maximum absolute atomic E-state index is 13.0. The summed E-state index contributed by atoms with van der Waals surface area (Å²) in [6, 6.07) is 5.25. The predicted molar refractivity (Wildman–Crippen MR) is 70.8 cm³/mol. The van der Waals surface area contributed by atoms with Gasteiger partial charge in [-0.3, -0.25) is 9.69 Å². The summed E-state index contributed by atoms with van der Waals surface area (Å²) in [5.41, 5.74) is -0.593. The minimum absolute atomic E-state index is 0.0195. The number of benzene rings is 1. The van der Waals surface area contributed by atoms with Gasteiger partial charge in [0.1, 0.15) is 0 Å². The van der Waals surface area contributed by atoms with Gasteiger partial charge in [-0.25, -0.2) is 0 Å². The molecule has 1 aromatic carbocycles. The van der Waals surface area contributed by atoms with Gasteiger partial charge >= 0.3 is 12.1 Å². The van der Waals surface area contributed by atoms with Crippen LogP contribution in [0.25, 0.3) is 0 Å². The normalized spacial score (nSPS) is 19.1. The van der Waals surface area contributed by atoms with E-state index in [1.807, 2.05) is 0 Å². The van der Waals surface area contributed by atoms with Crippen LogP contribution in [0.4, 0.5) is 13.2 Å². The second-order valence-corrected chi connectivity index (χ2v) is 5.10. The van der Waals surface area contributed by atoms with Crippen molar-refractivity contribution in [1.82, 2.24) is 10.2 Å². The van der Waals surface area contributed by atoms with Crippen LogP contribution in [0.3, 0.4) is 0 Å². The van der Waals surface area contributed by atoms with Crippen molar-refractivity contribution in [3.05, 3.63) is 35.4 Å². The van der Waals surface area contributed by atoms with Crippen LogP contribution < -0.4 is 5.32 Å². The number of nitrogens with zero attached hydrogens (tertiary/aromatic N) is 1. The van der Waals surface area contributed by atoms with Gasteiger partial charge in [-0.05, 0) is 24.6 Å². The first kappa shape index (κ1) is 15.8. The van der Waals surface area contributed by atoms with Crippen molar-refractivity contribution in [2.24, 2.45) is 0 Å². The van der Waals surface area contributed by atoms with Crippen LogP contribution in [-0.2, 0) is 17.5 Å². The molecule has 0 aromatic heterocycles. The second kappa shape index (κ2) is 6.44. The maximum atomic E-state index is 13.0. The highest BCUT2D eigenvalue weighted by atomic mass is 19.4. The number of halogens is 3. The molecular weight excluding hydrogens is 285 g/mol. The Hall–Kier alpha value is -1.60. The molecule has 0 bridgehead atoms. The number of hydrogen-bond acceptors (Lipinski definition) is 3. The molecule has 2 N–H and O–H groups in total. The lowest BCUT2D eigenvalue weighted by Gasteiger charge is -2.27. The van der Waals surface area contributed by atoms with Gasteiger partial charge in [0.15, 0.2) is 0 Å². The number of rotatable bonds is 5. The molecule has 1 saturated heterocycles. The molecule has 21 heavy (non-hydrogen) atoms. The fraction of sp³-hybridized carbons (Fsp3) is 0.500. The largest absolute Gasteiger partial charge is 0.480 e. The van der Waals surface area contributed by atoms with E-state index in [0.717, 1.165) is 19.0 Å². The van der Waals surface area contributed by atoms with Crippen molar-refractivity contribution in [3.63, 3.8) is 0 Å². The van der Waals surface area contributed by atoms with E-state index < -0.39 is 17.7 Å². The topological polar surface area (TPSA) is 52.6 Å². The Labute approximate surface area is 120 Å². The van der Waals surface area contributed by atoms with Crippen LogP contribution in [0, 0.1) is 0 Å². The minimum Gasteiger partial charge on any atom is -0.480 e. The highest BCUT2D eigenvalue weighted by Crippen LogP contribution is 2.32. The van der Waals surface area contributed by atoms with Crippen molar-refractivity contribution >= 4 is 5.97 Å². The summed E-state index contributed by atoms with van der Waals surface area (Å²) in [6.45, 7) is 1.07. The Bertz CT molecular complexity index is 499. The lowest BCUT2D eigenvalue weighted by Crippen LogP contribution is -2.40. The molecule has 0 aliphatic carbocycles. The highest BCUT2D eigenvalue weighted by molar-refractivity contribution is 5.69. The lowest BCUT2D eigenvalue weighted by atomic mass is 10.1. The molecular formula is C14H17F3N2O2. The van der Waals surface area contributed by atoms with E-state index in [4.69, 9.17) is 5.11 Å². The van der Waals surface area contributed by atoms with Crippen molar-refractivity contribution in [2.45, 2.75) is 25.2 Å². The fourth-order valence-corrected chi connectivity index (χ4v) is 2.59. The molecule has 4 nitrogen and oxygen atoms in total. The monoisotopic (exact) mass is 302 g/mol. The van der Waals surface area contributed by atoms with Gasteiger partial charge in [-0.2, -0.15) is 13.2 Å². The van der Waals surface area contributed by atoms with E-state index in [2.05, 4.69) is 5.32 Å². The summed E-state index contributed by atoms with van der Waals surface area (Å²) in [5, 5.41) is 12.1. The smallest absolute Gasteiger partial charge is 0.416 e. The number of aliphatic carboxylic acids is 1. The number of nitrogens with one attached hydrogen (secondary N) is 1. The molecule has 116 valence electrons. The van der Waals surface area contributed by atoms with Gasteiger partial charge in [-0.15, -0.1) is 0 Å². The molecule has 7 heteroatoms. The zero-order valence-electron chi connectivity index (χ0n) is 11.4. The van der Waals surface area contributed by atoms with Gasteiger partial charge in [0.2, 0.25) is 0 Å². The first-order valence-corrected chi connectivity index (χ1v) is 6.69. The van der Waals surface area contributed by atoms with Gasteiger partial charge in [0, 0.05) is 19.1 Å². The zero-order valence-corrected chi connectivity index (χ0v) is 11.4. The quantitative estimate of drug-likeness (QED) is 0.873. The molecule has 1 aliphatic heterocycles. The zero-order chi connectivity index (χ0) is 15.5. The van der Waals surface area contributed by atoms with E-state index in [-0.39, 0.29) is 24.7 Å². The van der Waals surface area contributed by atoms with Crippen molar-refractivity contribution < 1.29 is 23.1 Å². The Kier molecular flexibility index (Phi) is 4.84. The van der Waals surface area contributed by atoms with E-state index in [0.29, 0.717) is 6.54 Å². The highest BCUT2D eigenvalue weighted by Gasteiger charge is 2.34. The first-order valence-electron chi connectivity index (χ1n) is 6.69. The predicted octanol–water partition coefficient (Wildman–Crippen LogP) is 1.95. The van der Waals surface area contributed by atoms with Crippen LogP contribution in [0.5, 0.6) is 0 Å². The van der Waals surface area contributed by atoms with E-state index >= 15 is 0 Å². The van der Waals surface area contributed by atoms with Gasteiger partial charge < -0.3 is 10.4 Å². The molecule has 1 aromatic rings. The van der Waals surface area contributed by atoms with Crippen LogP contribution >= 0.6 is 0 Å². The Morgan fingerprint density at radius 3 is 2.67 bits per heavy atom. The third-order valence-corrected chi connectivity index (χ3v) is 3.59. The second-order valence-electron chi connectivity index (χ2n) is 5.10. The molecule has 0 spiro atoms. The number of carbonyl (C=O) groups is 1. The Morgan fingerprint density at radius 2 is 2.10 bits per heavy atom. The van der Waals surface area contributed by atoms with Crippen molar-refractivity contribution in [3.8, 4) is 0 Å². The van der Waals surface area contributed by atoms with Crippen LogP contribution in [0.2, 0.25) is 0 Å². The molecule has 0 radical (unpaired) electrons. The molecule has 1 unspecified atom stereocenters. The maximum Gasteiger partial charge on any atom is 0.416 e. The van der Waals surface area contributed by atoms with Crippen molar-refractivity contribution in [2.75, 3.05) is 19.6 Å². The van der Waals surface area contributed by atoms with Gasteiger partial charge in [0.25, 0.3) is 0 Å². The summed E-state index contributed by atoms with van der Waals surface area (Å²) in [7, 11) is 0. The first-order chi connectivity index (χ1) is 9.88. The number of hydrogen-bond donors (Lipinski definition) is 2. The third kappa shape index (κ3) is 4.18. The van der Waals surface area contributed by atoms with Crippen LogP contribution in [-0.4, -0.2) is 41.7 Å². The SMILES string of the molecule is O=C(O)CN(Cc1ccccc1C(F)(F)F)C1CCNC1. The summed E-state index contributed by atoms with van der Waals surface area (Å²) in [6.07, 6.45) is -3.69. The van der Waals surface area contributed by atoms with Gasteiger partial charge in [0.05, 0.1) is 12.1 Å². The van der Waals surface area contributed by atoms with Crippen molar-refractivity contribution in [1.29, 1.82) is 0 Å².